The number of non-ortho nitro benzene ring substituents is 1. The lowest BCUT2D eigenvalue weighted by atomic mass is 10.0. The third-order valence-electron chi connectivity index (χ3n) is 8.59. The Morgan fingerprint density at radius 2 is 1.57 bits per heavy atom. The van der Waals surface area contributed by atoms with E-state index in [4.69, 9.17) is 27.9 Å². The van der Waals surface area contributed by atoms with E-state index in [2.05, 4.69) is 4.90 Å². The summed E-state index contributed by atoms with van der Waals surface area (Å²) in [5.41, 5.74) is 0.851. The highest BCUT2D eigenvalue weighted by atomic mass is 35.5. The number of nitrogens with zero attached hydrogens (tertiary/aromatic N) is 5. The monoisotopic (exact) mass is 755 g/mol. The van der Waals surface area contributed by atoms with Gasteiger partial charge in [0.05, 0.1) is 26.0 Å². The molecule has 0 saturated carbocycles. The Bertz CT molecular complexity index is 1990. The minimum atomic E-state index is -4.72. The van der Waals surface area contributed by atoms with E-state index in [1.807, 2.05) is 42.5 Å². The number of amides is 1. The van der Waals surface area contributed by atoms with Gasteiger partial charge in [0, 0.05) is 45.3 Å². The van der Waals surface area contributed by atoms with E-state index in [9.17, 15) is 33.4 Å². The van der Waals surface area contributed by atoms with E-state index in [1.54, 1.807) is 35.2 Å². The first-order chi connectivity index (χ1) is 24.4. The number of piperazine rings is 1. The maximum Gasteiger partial charge on any atom is 0.296 e. The number of ether oxygens (including phenoxy) is 1. The Labute approximate surface area is 305 Å². The number of nitro groups is 2. The van der Waals surface area contributed by atoms with E-state index in [0.29, 0.717) is 53.7 Å². The van der Waals surface area contributed by atoms with Gasteiger partial charge in [0.25, 0.3) is 21.4 Å². The van der Waals surface area contributed by atoms with Crippen molar-refractivity contribution in [1.82, 2.24) is 14.1 Å². The van der Waals surface area contributed by atoms with Crippen LogP contribution in [0, 0.1) is 20.2 Å². The lowest BCUT2D eigenvalue weighted by Gasteiger charge is -2.38. The normalized spacial score (nSPS) is 14.3. The molecule has 268 valence electrons. The predicted molar refractivity (Wildman–Crippen MR) is 192 cm³/mol. The number of carbonyl (C=O) groups is 1. The molecule has 13 nitrogen and oxygen atoms in total. The number of nitro benzene ring substituents is 2. The van der Waals surface area contributed by atoms with E-state index in [-0.39, 0.29) is 26.1 Å². The number of rotatable bonds is 14. The van der Waals surface area contributed by atoms with Crippen LogP contribution in [0.4, 0.5) is 11.4 Å². The van der Waals surface area contributed by atoms with Crippen molar-refractivity contribution in [2.45, 2.75) is 37.4 Å². The molecule has 1 heterocycles. The predicted octanol–water partition coefficient (Wildman–Crippen LogP) is 6.36. The van der Waals surface area contributed by atoms with Crippen molar-refractivity contribution in [3.05, 3.63) is 138 Å². The molecule has 1 amide bonds. The average molecular weight is 757 g/mol. The maximum absolute atomic E-state index is 14.3. The second-order valence-corrected chi connectivity index (χ2v) is 14.5. The van der Waals surface area contributed by atoms with Gasteiger partial charge < -0.3 is 9.64 Å². The van der Waals surface area contributed by atoms with Crippen LogP contribution in [0.2, 0.25) is 10.0 Å². The lowest BCUT2D eigenvalue weighted by molar-refractivity contribution is -0.396. The summed E-state index contributed by atoms with van der Waals surface area (Å²) in [6.45, 7) is 3.68. The van der Waals surface area contributed by atoms with Gasteiger partial charge in [-0.15, -0.1) is 0 Å². The molecule has 51 heavy (non-hydrogen) atoms. The number of hydrogen-bond acceptors (Lipinski definition) is 9. The largest absolute Gasteiger partial charge is 0.489 e. The Kier molecular flexibility index (Phi) is 12.3. The summed E-state index contributed by atoms with van der Waals surface area (Å²) in [7, 11) is -4.72. The summed E-state index contributed by atoms with van der Waals surface area (Å²) in [6.07, 6.45) is -0.0516. The standard InChI is InChI=1S/C35H35Cl2N5O8S/c1-2-40(51(48,49)33-16-13-28(41(44)45)22-31(33)42(46)47)32(21-25-11-14-29(15-12-25)50-24-26-7-4-3-5-8-26)35(43)39-19-17-38(18-20-39)23-27-9-6-10-30(36)34(27)37/h3-16,22,32H,2,17-21,23-24H2,1H3. The second kappa shape index (κ2) is 16.6. The van der Waals surface area contributed by atoms with Crippen LogP contribution < -0.4 is 4.74 Å². The fourth-order valence-corrected chi connectivity index (χ4v) is 8.02. The minimum absolute atomic E-state index is 0.0516. The molecule has 0 aliphatic carbocycles. The van der Waals surface area contributed by atoms with Crippen LogP contribution in [0.15, 0.2) is 95.9 Å². The summed E-state index contributed by atoms with van der Waals surface area (Å²) < 4.78 is 35.2. The van der Waals surface area contributed by atoms with Gasteiger partial charge in [0.15, 0.2) is 4.90 Å². The highest BCUT2D eigenvalue weighted by Crippen LogP contribution is 2.33. The van der Waals surface area contributed by atoms with Crippen LogP contribution in [-0.2, 0) is 34.4 Å². The first kappa shape index (κ1) is 37.7. The molecule has 1 aliphatic rings. The summed E-state index contributed by atoms with van der Waals surface area (Å²) in [5.74, 6) is 0.0951. The fourth-order valence-electron chi connectivity index (χ4n) is 5.91. The molecule has 1 atom stereocenters. The molecule has 4 aromatic rings. The Hall–Kier alpha value is -4.60. The Balaban J connectivity index is 1.41. The van der Waals surface area contributed by atoms with Crippen molar-refractivity contribution in [2.24, 2.45) is 0 Å². The number of likely N-dealkylation sites (N-methyl/N-ethyl adjacent to an activating group) is 1. The van der Waals surface area contributed by atoms with Gasteiger partial charge in [-0.05, 0) is 47.4 Å². The van der Waals surface area contributed by atoms with Gasteiger partial charge in [0.1, 0.15) is 18.4 Å². The number of hydrogen-bond donors (Lipinski definition) is 0. The highest BCUT2D eigenvalue weighted by molar-refractivity contribution is 7.89. The molecular weight excluding hydrogens is 721 g/mol. The molecule has 4 aromatic carbocycles. The van der Waals surface area contributed by atoms with Crippen molar-refractivity contribution in [3.63, 3.8) is 0 Å². The third kappa shape index (κ3) is 9.01. The molecule has 5 rings (SSSR count). The summed E-state index contributed by atoms with van der Waals surface area (Å²) in [6, 6.07) is 23.0. The molecule has 0 bridgehead atoms. The third-order valence-corrected chi connectivity index (χ3v) is 11.5. The molecule has 0 spiro atoms. The Morgan fingerprint density at radius 3 is 2.20 bits per heavy atom. The molecule has 16 heteroatoms. The van der Waals surface area contributed by atoms with Crippen molar-refractivity contribution < 1.29 is 27.8 Å². The first-order valence-corrected chi connectivity index (χ1v) is 18.2. The summed E-state index contributed by atoms with van der Waals surface area (Å²) in [5, 5.41) is 24.2. The van der Waals surface area contributed by atoms with Crippen LogP contribution in [0.3, 0.4) is 0 Å². The van der Waals surface area contributed by atoms with Crippen molar-refractivity contribution in [2.75, 3.05) is 32.7 Å². The van der Waals surface area contributed by atoms with E-state index in [0.717, 1.165) is 27.6 Å². The smallest absolute Gasteiger partial charge is 0.296 e. The Morgan fingerprint density at radius 1 is 0.882 bits per heavy atom. The first-order valence-electron chi connectivity index (χ1n) is 16.0. The summed E-state index contributed by atoms with van der Waals surface area (Å²) >= 11 is 12.6. The van der Waals surface area contributed by atoms with Crippen LogP contribution in [0.25, 0.3) is 0 Å². The molecule has 1 saturated heterocycles. The number of halogens is 2. The zero-order chi connectivity index (χ0) is 36.7. The van der Waals surface area contributed by atoms with Crippen LogP contribution in [0.5, 0.6) is 5.75 Å². The molecule has 0 aromatic heterocycles. The zero-order valence-electron chi connectivity index (χ0n) is 27.6. The van der Waals surface area contributed by atoms with Crippen molar-refractivity contribution >= 4 is 50.5 Å². The van der Waals surface area contributed by atoms with Crippen molar-refractivity contribution in [3.8, 4) is 5.75 Å². The quantitative estimate of drug-likeness (QED) is 0.106. The van der Waals surface area contributed by atoms with Gasteiger partial charge in [-0.2, -0.15) is 4.31 Å². The van der Waals surface area contributed by atoms with E-state index < -0.39 is 48.1 Å². The van der Waals surface area contributed by atoms with Gasteiger partial charge in [-0.1, -0.05) is 84.7 Å². The highest BCUT2D eigenvalue weighted by Gasteiger charge is 2.41. The van der Waals surface area contributed by atoms with Crippen LogP contribution in [0.1, 0.15) is 23.6 Å². The fraction of sp³-hybridized carbons (Fsp3) is 0.286. The number of benzene rings is 4. The molecule has 1 aliphatic heterocycles. The zero-order valence-corrected chi connectivity index (χ0v) is 29.9. The van der Waals surface area contributed by atoms with E-state index in [1.165, 1.54) is 6.92 Å². The molecule has 0 N–H and O–H groups in total. The molecule has 1 unspecified atom stereocenters. The topological polar surface area (TPSA) is 156 Å². The van der Waals surface area contributed by atoms with Crippen LogP contribution >= 0.6 is 23.2 Å². The SMILES string of the molecule is CCN(C(Cc1ccc(OCc2ccccc2)cc1)C(=O)N1CCN(Cc2cccc(Cl)c2Cl)CC1)S(=O)(=O)c1ccc([N+](=O)[O-])cc1[N+](=O)[O-]. The average Bonchev–Trinajstić information content (AvgIpc) is 3.13. The maximum atomic E-state index is 14.3. The molecular formula is C35H35Cl2N5O8S. The summed E-state index contributed by atoms with van der Waals surface area (Å²) in [4.78, 5) is 38.8. The van der Waals surface area contributed by atoms with Gasteiger partial charge in [-0.3, -0.25) is 29.9 Å². The second-order valence-electron chi connectivity index (χ2n) is 11.8. The minimum Gasteiger partial charge on any atom is -0.489 e. The van der Waals surface area contributed by atoms with E-state index >= 15 is 0 Å². The van der Waals surface area contributed by atoms with Gasteiger partial charge >= 0.3 is 0 Å². The van der Waals surface area contributed by atoms with Crippen molar-refractivity contribution in [1.29, 1.82) is 0 Å². The van der Waals surface area contributed by atoms with Crippen LogP contribution in [-0.4, -0.2) is 77.0 Å². The lowest BCUT2D eigenvalue weighted by Crippen LogP contribution is -2.56. The van der Waals surface area contributed by atoms with Gasteiger partial charge in [0.2, 0.25) is 5.91 Å². The number of carbonyl (C=O) groups excluding carboxylic acids is 1. The number of sulfonamides is 1. The molecule has 0 radical (unpaired) electrons. The molecule has 1 fully saturated rings. The van der Waals surface area contributed by atoms with Gasteiger partial charge in [-0.25, -0.2) is 8.42 Å².